The Morgan fingerprint density at radius 2 is 1.88 bits per heavy atom. The van der Waals surface area contributed by atoms with Gasteiger partial charge < -0.3 is 24.3 Å². The van der Waals surface area contributed by atoms with E-state index >= 15 is 0 Å². The first-order valence-electron chi connectivity index (χ1n) is 11.0. The highest BCUT2D eigenvalue weighted by atomic mass is 16.5. The molecule has 33 heavy (non-hydrogen) atoms. The van der Waals surface area contributed by atoms with E-state index in [2.05, 4.69) is 21.3 Å². The maximum atomic E-state index is 12.7. The average molecular weight is 447 g/mol. The summed E-state index contributed by atoms with van der Waals surface area (Å²) in [6.07, 6.45) is 2.77. The number of nitrogens with zero attached hydrogens (tertiary/aromatic N) is 3. The summed E-state index contributed by atoms with van der Waals surface area (Å²) >= 11 is 0. The van der Waals surface area contributed by atoms with Gasteiger partial charge in [0.05, 0.1) is 26.1 Å². The molecule has 1 aromatic carbocycles. The number of methoxy groups -OCH3 is 2. The highest BCUT2D eigenvalue weighted by Gasteiger charge is 2.34. The Balaban J connectivity index is 1.29. The van der Waals surface area contributed by atoms with Gasteiger partial charge in [0.15, 0.2) is 11.5 Å². The Morgan fingerprint density at radius 1 is 1.03 bits per heavy atom. The van der Waals surface area contributed by atoms with Crippen molar-refractivity contribution in [2.24, 2.45) is 5.92 Å². The van der Waals surface area contributed by atoms with Crippen LogP contribution in [0.5, 0.6) is 11.5 Å². The number of nitrogens with one attached hydrogen (secondary N) is 1. The van der Waals surface area contributed by atoms with Crippen molar-refractivity contribution in [3.05, 3.63) is 76.3 Å². The molecule has 0 saturated carbocycles. The fourth-order valence-electron chi connectivity index (χ4n) is 4.91. The summed E-state index contributed by atoms with van der Waals surface area (Å²) in [7, 11) is 3.09. The number of piperidine rings is 1. The van der Waals surface area contributed by atoms with E-state index in [0.717, 1.165) is 37.6 Å². The van der Waals surface area contributed by atoms with Gasteiger partial charge in [-0.1, -0.05) is 6.07 Å². The third-order valence-corrected chi connectivity index (χ3v) is 6.46. The van der Waals surface area contributed by atoms with Crippen LogP contribution in [0.3, 0.4) is 0 Å². The summed E-state index contributed by atoms with van der Waals surface area (Å²) in [6.45, 7) is 2.44. The van der Waals surface area contributed by atoms with Crippen molar-refractivity contribution in [1.82, 2.24) is 9.55 Å². The minimum atomic E-state index is -0.250. The zero-order valence-corrected chi connectivity index (χ0v) is 18.7. The van der Waals surface area contributed by atoms with Crippen LogP contribution in [-0.4, -0.2) is 42.8 Å². The molecule has 0 aliphatic carbocycles. The minimum absolute atomic E-state index is 0.0864. The molecule has 0 radical (unpaired) electrons. The first kappa shape index (κ1) is 21.1. The van der Waals surface area contributed by atoms with Gasteiger partial charge in [0.1, 0.15) is 5.82 Å². The first-order valence-corrected chi connectivity index (χ1v) is 11.0. The second-order valence-corrected chi connectivity index (χ2v) is 8.53. The van der Waals surface area contributed by atoms with Crippen LogP contribution in [0.15, 0.2) is 59.5 Å². The molecule has 2 aliphatic rings. The number of carbonyl (C=O) groups is 1. The number of aromatic nitrogens is 2. The monoisotopic (exact) mass is 446 g/mol. The highest BCUT2D eigenvalue weighted by molar-refractivity contribution is 6.04. The number of carbonyl (C=O) groups excluding carboxylic acids is 1. The predicted molar refractivity (Wildman–Crippen MR) is 125 cm³/mol. The Kier molecular flexibility index (Phi) is 5.50. The van der Waals surface area contributed by atoms with Gasteiger partial charge in [-0.2, -0.15) is 0 Å². The number of amides is 1. The van der Waals surface area contributed by atoms with Crippen molar-refractivity contribution in [3.8, 4) is 11.5 Å². The van der Waals surface area contributed by atoms with Gasteiger partial charge in [0.25, 0.3) is 11.5 Å². The average Bonchev–Trinajstić information content (AvgIpc) is 2.84. The molecule has 1 saturated heterocycles. The van der Waals surface area contributed by atoms with Crippen molar-refractivity contribution in [2.45, 2.75) is 18.9 Å². The number of fused-ring (bicyclic) bond motifs is 4. The Labute approximate surface area is 191 Å². The summed E-state index contributed by atoms with van der Waals surface area (Å²) in [5.41, 5.74) is 2.28. The molecule has 1 fully saturated rings. The Bertz CT molecular complexity index is 1240. The zero-order valence-electron chi connectivity index (χ0n) is 18.7. The zero-order chi connectivity index (χ0) is 22.9. The van der Waals surface area contributed by atoms with E-state index in [9.17, 15) is 9.59 Å². The standard InChI is InChI=1S/C25H26N4O4/c1-32-21-8-6-17(11-22(21)33-2)25(31)27-19-7-9-23(26-12-19)28-13-16-10-18(15-28)20-4-3-5-24(30)29(20)14-16/h3-9,11-12,16,18H,10,13-15H2,1-2H3,(H,27,31)/t16-,18+/m0/s1. The van der Waals surface area contributed by atoms with Crippen LogP contribution in [0.4, 0.5) is 11.5 Å². The van der Waals surface area contributed by atoms with Crippen molar-refractivity contribution < 1.29 is 14.3 Å². The fraction of sp³-hybridized carbons (Fsp3) is 0.320. The van der Waals surface area contributed by atoms with Crippen molar-refractivity contribution in [3.63, 3.8) is 0 Å². The lowest BCUT2D eigenvalue weighted by molar-refractivity contribution is 0.102. The molecule has 8 heteroatoms. The molecule has 0 spiro atoms. The van der Waals surface area contributed by atoms with E-state index in [1.54, 1.807) is 37.6 Å². The molecule has 4 heterocycles. The number of pyridine rings is 2. The van der Waals surface area contributed by atoms with E-state index in [4.69, 9.17) is 9.47 Å². The van der Waals surface area contributed by atoms with Crippen molar-refractivity contribution >= 4 is 17.4 Å². The second-order valence-electron chi connectivity index (χ2n) is 8.53. The number of hydrogen-bond donors (Lipinski definition) is 1. The topological polar surface area (TPSA) is 85.7 Å². The maximum Gasteiger partial charge on any atom is 0.255 e. The number of rotatable bonds is 5. The van der Waals surface area contributed by atoms with Crippen LogP contribution in [0.1, 0.15) is 28.4 Å². The lowest BCUT2D eigenvalue weighted by Crippen LogP contribution is -2.47. The van der Waals surface area contributed by atoms with Crippen molar-refractivity contribution in [1.29, 1.82) is 0 Å². The van der Waals surface area contributed by atoms with Gasteiger partial charge >= 0.3 is 0 Å². The Hall–Kier alpha value is -3.81. The van der Waals surface area contributed by atoms with Gasteiger partial charge in [0.2, 0.25) is 0 Å². The largest absolute Gasteiger partial charge is 0.493 e. The molecule has 2 aliphatic heterocycles. The molecule has 3 aromatic rings. The molecule has 2 atom stereocenters. The van der Waals surface area contributed by atoms with E-state index < -0.39 is 0 Å². The Morgan fingerprint density at radius 3 is 2.64 bits per heavy atom. The van der Waals surface area contributed by atoms with Crippen molar-refractivity contribution in [2.75, 3.05) is 37.5 Å². The van der Waals surface area contributed by atoms with Crippen LogP contribution >= 0.6 is 0 Å². The van der Waals surface area contributed by atoms with E-state index in [-0.39, 0.29) is 11.5 Å². The molecule has 2 aromatic heterocycles. The maximum absolute atomic E-state index is 12.7. The molecular formula is C25H26N4O4. The number of ether oxygens (including phenoxy) is 2. The van der Waals surface area contributed by atoms with Crippen LogP contribution in [0.2, 0.25) is 0 Å². The molecule has 1 N–H and O–H groups in total. The molecule has 2 bridgehead atoms. The molecule has 0 unspecified atom stereocenters. The number of anilines is 2. The third kappa shape index (κ3) is 4.04. The molecule has 5 rings (SSSR count). The van der Waals surface area contributed by atoms with Crippen LogP contribution in [-0.2, 0) is 6.54 Å². The lowest BCUT2D eigenvalue weighted by Gasteiger charge is -2.43. The third-order valence-electron chi connectivity index (χ3n) is 6.46. The van der Waals surface area contributed by atoms with E-state index in [1.165, 1.54) is 7.11 Å². The first-order chi connectivity index (χ1) is 16.1. The molecule has 170 valence electrons. The molecule has 1 amide bonds. The van der Waals surface area contributed by atoms with Crippen LogP contribution < -0.4 is 25.2 Å². The van der Waals surface area contributed by atoms with Gasteiger partial charge in [-0.25, -0.2) is 4.98 Å². The van der Waals surface area contributed by atoms with Gasteiger partial charge in [-0.15, -0.1) is 0 Å². The van der Waals surface area contributed by atoms with Crippen LogP contribution in [0.25, 0.3) is 0 Å². The van der Waals surface area contributed by atoms with Gasteiger partial charge in [0, 0.05) is 42.9 Å². The van der Waals surface area contributed by atoms with E-state index in [0.29, 0.717) is 34.6 Å². The summed E-state index contributed by atoms with van der Waals surface area (Å²) in [6, 6.07) is 14.4. The minimum Gasteiger partial charge on any atom is -0.493 e. The molecule has 8 nitrogen and oxygen atoms in total. The summed E-state index contributed by atoms with van der Waals surface area (Å²) < 4.78 is 12.4. The summed E-state index contributed by atoms with van der Waals surface area (Å²) in [5, 5.41) is 2.88. The molecular weight excluding hydrogens is 420 g/mol. The number of benzene rings is 1. The fourth-order valence-corrected chi connectivity index (χ4v) is 4.91. The normalized spacial score (nSPS) is 18.9. The second kappa shape index (κ2) is 8.61. The quantitative estimate of drug-likeness (QED) is 0.648. The lowest BCUT2D eigenvalue weighted by atomic mass is 9.83. The predicted octanol–water partition coefficient (Wildman–Crippen LogP) is 3.14. The SMILES string of the molecule is COc1ccc(C(=O)Nc2ccc(N3C[C@@H]4C[C@H](C3)c3cccc(=O)n3C4)nc2)cc1OC. The van der Waals surface area contributed by atoms with E-state index in [1.807, 2.05) is 22.8 Å². The summed E-state index contributed by atoms with van der Waals surface area (Å²) in [4.78, 5) is 31.8. The number of hydrogen-bond acceptors (Lipinski definition) is 6. The highest BCUT2D eigenvalue weighted by Crippen LogP contribution is 2.36. The van der Waals surface area contributed by atoms with Gasteiger partial charge in [-0.05, 0) is 48.7 Å². The summed E-state index contributed by atoms with van der Waals surface area (Å²) in [5.74, 6) is 2.43. The van der Waals surface area contributed by atoms with Crippen LogP contribution in [0, 0.1) is 5.92 Å². The van der Waals surface area contributed by atoms with Gasteiger partial charge in [-0.3, -0.25) is 9.59 Å². The smallest absolute Gasteiger partial charge is 0.255 e.